The highest BCUT2D eigenvalue weighted by Gasteiger charge is 2.16. The Kier molecular flexibility index (Phi) is 4.85. The molecule has 3 heterocycles. The van der Waals surface area contributed by atoms with Crippen LogP contribution in [0.1, 0.15) is 22.3 Å². The summed E-state index contributed by atoms with van der Waals surface area (Å²) in [5, 5.41) is 12.0. The van der Waals surface area contributed by atoms with Gasteiger partial charge in [-0.05, 0) is 56.5 Å². The van der Waals surface area contributed by atoms with E-state index in [2.05, 4.69) is 33.7 Å². The number of rotatable bonds is 4. The van der Waals surface area contributed by atoms with Gasteiger partial charge in [0.05, 0.1) is 5.69 Å². The number of nitrogens with zero attached hydrogens (tertiary/aromatic N) is 5. The zero-order chi connectivity index (χ0) is 23.3. The minimum atomic E-state index is -0.376. The number of benzene rings is 2. The van der Waals surface area contributed by atoms with Crippen LogP contribution in [0.3, 0.4) is 0 Å². The predicted octanol–water partition coefficient (Wildman–Crippen LogP) is 3.68. The minimum absolute atomic E-state index is 0.182. The van der Waals surface area contributed by atoms with Gasteiger partial charge in [-0.15, -0.1) is 5.10 Å². The minimum Gasteiger partial charge on any atom is -0.324 e. The van der Waals surface area contributed by atoms with E-state index in [1.165, 1.54) is 9.08 Å². The van der Waals surface area contributed by atoms with Crippen LogP contribution >= 0.6 is 0 Å². The molecule has 0 saturated carbocycles. The summed E-state index contributed by atoms with van der Waals surface area (Å²) in [5.74, 6) is -0.307. The molecular formula is C25H24N6O2. The number of aryl methyl sites for hydroxylation is 4. The van der Waals surface area contributed by atoms with Crippen molar-refractivity contribution in [1.29, 1.82) is 0 Å². The quantitative estimate of drug-likeness (QED) is 0.462. The van der Waals surface area contributed by atoms with Gasteiger partial charge in [0.2, 0.25) is 5.91 Å². The largest absolute Gasteiger partial charge is 0.350 e. The summed E-state index contributed by atoms with van der Waals surface area (Å²) in [6.45, 7) is 7.77. The van der Waals surface area contributed by atoms with Crippen molar-refractivity contribution in [3.05, 3.63) is 87.6 Å². The van der Waals surface area contributed by atoms with Crippen molar-refractivity contribution in [2.75, 3.05) is 5.32 Å². The van der Waals surface area contributed by atoms with Gasteiger partial charge in [-0.3, -0.25) is 4.79 Å². The van der Waals surface area contributed by atoms with E-state index in [9.17, 15) is 9.59 Å². The maximum Gasteiger partial charge on any atom is 0.350 e. The zero-order valence-electron chi connectivity index (χ0n) is 19.0. The van der Waals surface area contributed by atoms with Crippen LogP contribution in [0, 0.1) is 27.7 Å². The number of carbonyl (C=O) groups excluding carboxylic acids is 1. The third kappa shape index (κ3) is 3.59. The van der Waals surface area contributed by atoms with Crippen molar-refractivity contribution < 1.29 is 4.79 Å². The maximum absolute atomic E-state index is 12.9. The second-order valence-electron chi connectivity index (χ2n) is 8.42. The van der Waals surface area contributed by atoms with Gasteiger partial charge in [-0.25, -0.2) is 18.4 Å². The fourth-order valence-corrected chi connectivity index (χ4v) is 4.11. The molecule has 1 N–H and O–H groups in total. The van der Waals surface area contributed by atoms with Crippen molar-refractivity contribution in [2.45, 2.75) is 34.2 Å². The van der Waals surface area contributed by atoms with Crippen molar-refractivity contribution in [1.82, 2.24) is 23.8 Å². The number of anilines is 1. The number of para-hydroxylation sites is 1. The normalized spacial score (nSPS) is 11.4. The molecule has 1 amide bonds. The van der Waals surface area contributed by atoms with Gasteiger partial charge in [-0.1, -0.05) is 35.9 Å². The molecule has 5 aromatic rings. The first-order chi connectivity index (χ1) is 15.8. The van der Waals surface area contributed by atoms with Crippen LogP contribution in [0.5, 0.6) is 0 Å². The van der Waals surface area contributed by atoms with Crippen LogP contribution < -0.4 is 11.0 Å². The van der Waals surface area contributed by atoms with Crippen LogP contribution in [0.4, 0.5) is 5.69 Å². The Morgan fingerprint density at radius 1 is 0.939 bits per heavy atom. The monoisotopic (exact) mass is 440 g/mol. The van der Waals surface area contributed by atoms with Crippen molar-refractivity contribution in [3.63, 3.8) is 0 Å². The molecule has 166 valence electrons. The molecule has 5 rings (SSSR count). The lowest BCUT2D eigenvalue weighted by atomic mass is 10.0. The lowest BCUT2D eigenvalue weighted by Crippen LogP contribution is -2.28. The van der Waals surface area contributed by atoms with Crippen LogP contribution in [0.15, 0.2) is 59.7 Å². The number of amides is 1. The smallest absolute Gasteiger partial charge is 0.324 e. The Morgan fingerprint density at radius 3 is 2.45 bits per heavy atom. The molecule has 0 radical (unpaired) electrons. The molecular weight excluding hydrogens is 416 g/mol. The van der Waals surface area contributed by atoms with Gasteiger partial charge in [0.25, 0.3) is 0 Å². The average Bonchev–Trinajstić information content (AvgIpc) is 3.34. The van der Waals surface area contributed by atoms with E-state index in [1.807, 2.05) is 52.0 Å². The fourth-order valence-electron chi connectivity index (χ4n) is 4.11. The topological polar surface area (TPSA) is 85.7 Å². The molecule has 0 aliphatic carbocycles. The lowest BCUT2D eigenvalue weighted by molar-refractivity contribution is -0.117. The third-order valence-electron chi connectivity index (χ3n) is 5.90. The maximum atomic E-state index is 12.9. The van der Waals surface area contributed by atoms with Gasteiger partial charge in [-0.2, -0.15) is 5.10 Å². The van der Waals surface area contributed by atoms with Crippen molar-refractivity contribution >= 4 is 22.8 Å². The van der Waals surface area contributed by atoms with Crippen LogP contribution in [-0.4, -0.2) is 29.7 Å². The number of aromatic nitrogens is 5. The van der Waals surface area contributed by atoms with E-state index in [4.69, 9.17) is 0 Å². The first-order valence-electron chi connectivity index (χ1n) is 10.7. The summed E-state index contributed by atoms with van der Waals surface area (Å²) in [6, 6.07) is 14.0. The van der Waals surface area contributed by atoms with Gasteiger partial charge in [0.15, 0.2) is 5.65 Å². The second kappa shape index (κ2) is 7.74. The number of hydrogen-bond donors (Lipinski definition) is 1. The molecule has 0 unspecified atom stereocenters. The lowest BCUT2D eigenvalue weighted by Gasteiger charge is -2.10. The number of fused-ring (bicyclic) bond motifs is 3. The fraction of sp³-hybridized carbons (Fsp3) is 0.200. The van der Waals surface area contributed by atoms with Crippen LogP contribution in [0.2, 0.25) is 0 Å². The number of carbonyl (C=O) groups is 1. The second-order valence-corrected chi connectivity index (χ2v) is 8.42. The molecule has 0 aliphatic rings. The highest BCUT2D eigenvalue weighted by molar-refractivity contribution is 5.92. The van der Waals surface area contributed by atoms with E-state index in [0.717, 1.165) is 39.2 Å². The van der Waals surface area contributed by atoms with Gasteiger partial charge < -0.3 is 5.32 Å². The summed E-state index contributed by atoms with van der Waals surface area (Å²) in [7, 11) is 0. The Morgan fingerprint density at radius 2 is 1.70 bits per heavy atom. The molecule has 0 bridgehead atoms. The number of nitrogens with one attached hydrogen (secondary N) is 1. The molecule has 3 aromatic heterocycles. The predicted molar refractivity (Wildman–Crippen MR) is 128 cm³/mol. The van der Waals surface area contributed by atoms with Gasteiger partial charge in [0, 0.05) is 23.6 Å². The first kappa shape index (κ1) is 20.7. The molecule has 8 heteroatoms. The highest BCUT2D eigenvalue weighted by atomic mass is 16.2. The summed E-state index contributed by atoms with van der Waals surface area (Å²) >= 11 is 0. The van der Waals surface area contributed by atoms with Gasteiger partial charge in [0.1, 0.15) is 12.1 Å². The Labute approximate surface area is 190 Å². The molecule has 0 spiro atoms. The molecule has 0 aliphatic heterocycles. The summed E-state index contributed by atoms with van der Waals surface area (Å²) in [4.78, 5) is 25.6. The van der Waals surface area contributed by atoms with E-state index in [0.29, 0.717) is 11.2 Å². The standard InChI is InChI=1S/C25H24N6O2/c1-15-8-9-16(2)19(12-15)20-13-21-24-28-31(25(33)29(24)10-11-30(21)27-20)14-22(32)26-23-17(3)6-5-7-18(23)4/h5-13H,14H2,1-4H3,(H,26,32). The van der Waals surface area contributed by atoms with Crippen LogP contribution in [-0.2, 0) is 11.3 Å². The summed E-state index contributed by atoms with van der Waals surface area (Å²) in [6.07, 6.45) is 3.35. The van der Waals surface area contributed by atoms with E-state index >= 15 is 0 Å². The zero-order valence-corrected chi connectivity index (χ0v) is 19.0. The SMILES string of the molecule is Cc1ccc(C)c(-c2cc3c4nn(CC(=O)Nc5c(C)cccc5C)c(=O)n4ccn3n2)c1. The van der Waals surface area contributed by atoms with Crippen LogP contribution in [0.25, 0.3) is 22.4 Å². The van der Waals surface area contributed by atoms with E-state index in [-0.39, 0.29) is 18.1 Å². The molecule has 2 aromatic carbocycles. The Balaban J connectivity index is 1.52. The highest BCUT2D eigenvalue weighted by Crippen LogP contribution is 2.25. The van der Waals surface area contributed by atoms with E-state index < -0.39 is 0 Å². The van der Waals surface area contributed by atoms with Crippen molar-refractivity contribution in [2.24, 2.45) is 0 Å². The summed E-state index contributed by atoms with van der Waals surface area (Å²) < 4.78 is 4.33. The molecule has 0 fully saturated rings. The van der Waals surface area contributed by atoms with E-state index in [1.54, 1.807) is 16.9 Å². The molecule has 0 atom stereocenters. The molecule has 0 saturated heterocycles. The average molecular weight is 441 g/mol. The Hall–Kier alpha value is -4.20. The molecule has 33 heavy (non-hydrogen) atoms. The summed E-state index contributed by atoms with van der Waals surface area (Å²) in [5.41, 5.74) is 7.56. The first-order valence-corrected chi connectivity index (χ1v) is 10.7. The molecule has 8 nitrogen and oxygen atoms in total. The number of hydrogen-bond acceptors (Lipinski definition) is 4. The van der Waals surface area contributed by atoms with Crippen molar-refractivity contribution in [3.8, 4) is 11.3 Å². The van der Waals surface area contributed by atoms with Gasteiger partial charge >= 0.3 is 5.69 Å². The Bertz CT molecular complexity index is 1580. The third-order valence-corrected chi connectivity index (χ3v) is 5.90.